The molecule has 1 fully saturated rings. The van der Waals surface area contributed by atoms with Crippen molar-refractivity contribution in [3.05, 3.63) is 66.6 Å². The smallest absolute Gasteiger partial charge is 0.258 e. The Bertz CT molecular complexity index is 844. The van der Waals surface area contributed by atoms with Gasteiger partial charge in [0.05, 0.1) is 6.04 Å². The quantitative estimate of drug-likeness (QED) is 0.707. The highest BCUT2D eigenvalue weighted by Gasteiger charge is 2.33. The predicted octanol–water partition coefficient (Wildman–Crippen LogP) is 3.38. The van der Waals surface area contributed by atoms with Crippen molar-refractivity contribution < 1.29 is 13.9 Å². The lowest BCUT2D eigenvalue weighted by molar-refractivity contribution is -0.124. The number of benzene rings is 2. The zero-order chi connectivity index (χ0) is 17.8. The van der Waals surface area contributed by atoms with Crippen molar-refractivity contribution >= 4 is 5.91 Å². The molecule has 4 rings (SSSR count). The Labute approximate surface area is 151 Å². The monoisotopic (exact) mass is 349 g/mol. The van der Waals surface area contributed by atoms with Crippen molar-refractivity contribution in [3.8, 4) is 17.2 Å². The molecular weight excluding hydrogens is 330 g/mol. The first-order valence-electron chi connectivity index (χ1n) is 8.63. The Balaban J connectivity index is 1.33. The number of hydrogen-bond acceptors (Lipinski definition) is 5. The third-order valence-corrected chi connectivity index (χ3v) is 4.40. The second-order valence-electron chi connectivity index (χ2n) is 6.35. The fraction of sp³-hybridized carbons (Fsp3) is 0.250. The fourth-order valence-electron chi connectivity index (χ4n) is 2.92. The molecule has 0 spiro atoms. The van der Waals surface area contributed by atoms with E-state index in [2.05, 4.69) is 27.6 Å². The molecule has 6 nitrogen and oxygen atoms in total. The van der Waals surface area contributed by atoms with Gasteiger partial charge in [0.2, 0.25) is 12.3 Å². The van der Waals surface area contributed by atoms with Crippen molar-refractivity contribution in [3.63, 3.8) is 0 Å². The lowest BCUT2D eigenvalue weighted by Crippen LogP contribution is -2.33. The van der Waals surface area contributed by atoms with Gasteiger partial charge in [-0.15, -0.1) is 10.2 Å². The summed E-state index contributed by atoms with van der Waals surface area (Å²) in [5.74, 6) is 1.47. The first-order valence-corrected chi connectivity index (χ1v) is 8.63. The van der Waals surface area contributed by atoms with E-state index in [4.69, 9.17) is 9.15 Å². The first kappa shape index (κ1) is 16.3. The van der Waals surface area contributed by atoms with E-state index in [9.17, 15) is 4.79 Å². The number of amides is 1. The van der Waals surface area contributed by atoms with Gasteiger partial charge in [-0.2, -0.15) is 0 Å². The van der Waals surface area contributed by atoms with E-state index in [1.165, 1.54) is 6.39 Å². The van der Waals surface area contributed by atoms with E-state index >= 15 is 0 Å². The number of carbonyl (C=O) groups excluding carboxylic acids is 1. The second kappa shape index (κ2) is 7.39. The lowest BCUT2D eigenvalue weighted by Gasteiger charge is -2.19. The molecule has 0 saturated heterocycles. The first-order chi connectivity index (χ1) is 12.8. The van der Waals surface area contributed by atoms with E-state index in [1.54, 1.807) is 12.1 Å². The molecule has 1 aliphatic rings. The Morgan fingerprint density at radius 3 is 2.58 bits per heavy atom. The number of nitrogens with one attached hydrogen (secondary N) is 1. The minimum Gasteiger partial charge on any atom is -0.484 e. The number of ether oxygens (including phenoxy) is 1. The molecule has 1 aliphatic carbocycles. The Kier molecular flexibility index (Phi) is 4.64. The number of rotatable bonds is 7. The largest absolute Gasteiger partial charge is 0.484 e. The number of nitrogens with zero attached hydrogens (tertiary/aromatic N) is 2. The maximum Gasteiger partial charge on any atom is 0.258 e. The summed E-state index contributed by atoms with van der Waals surface area (Å²) in [6.45, 7) is -0.0179. The van der Waals surface area contributed by atoms with Crippen LogP contribution in [-0.2, 0) is 4.79 Å². The Morgan fingerprint density at radius 2 is 1.92 bits per heavy atom. The molecule has 0 bridgehead atoms. The predicted molar refractivity (Wildman–Crippen MR) is 95.3 cm³/mol. The molecule has 1 N–H and O–H groups in total. The van der Waals surface area contributed by atoms with E-state index < -0.39 is 0 Å². The van der Waals surface area contributed by atoms with Gasteiger partial charge in [0.25, 0.3) is 5.91 Å². The third-order valence-electron chi connectivity index (χ3n) is 4.40. The van der Waals surface area contributed by atoms with Crippen LogP contribution >= 0.6 is 0 Å². The van der Waals surface area contributed by atoms with E-state index in [0.717, 1.165) is 24.0 Å². The van der Waals surface area contributed by atoms with Crippen LogP contribution in [0.2, 0.25) is 0 Å². The van der Waals surface area contributed by atoms with Crippen molar-refractivity contribution in [1.82, 2.24) is 15.5 Å². The minimum absolute atomic E-state index is 0.0179. The van der Waals surface area contributed by atoms with Gasteiger partial charge in [0.15, 0.2) is 6.61 Å². The standard InChI is InChI=1S/C20H19N3O3/c24-18(22-19(15-6-7-15)14-4-2-1-3-5-14)12-25-17-10-8-16(9-11-17)20-23-21-13-26-20/h1-5,8-11,13,15,19H,6-7,12H2,(H,22,24)/t19-/m1/s1. The average Bonchev–Trinajstić information content (AvgIpc) is 3.38. The van der Waals surface area contributed by atoms with Crippen LogP contribution in [0.4, 0.5) is 0 Å². The van der Waals surface area contributed by atoms with E-state index in [-0.39, 0.29) is 18.6 Å². The number of carbonyl (C=O) groups is 1. The fourth-order valence-corrected chi connectivity index (χ4v) is 2.92. The van der Waals surface area contributed by atoms with Crippen molar-refractivity contribution in [1.29, 1.82) is 0 Å². The molecule has 6 heteroatoms. The van der Waals surface area contributed by atoms with Crippen LogP contribution in [0, 0.1) is 5.92 Å². The molecule has 0 aliphatic heterocycles. The maximum absolute atomic E-state index is 12.3. The van der Waals surface area contributed by atoms with Gasteiger partial charge >= 0.3 is 0 Å². The van der Waals surface area contributed by atoms with Crippen LogP contribution in [0.25, 0.3) is 11.5 Å². The summed E-state index contributed by atoms with van der Waals surface area (Å²) in [4.78, 5) is 12.3. The highest BCUT2D eigenvalue weighted by molar-refractivity contribution is 5.78. The molecule has 1 atom stereocenters. The van der Waals surface area contributed by atoms with Gasteiger partial charge in [-0.1, -0.05) is 30.3 Å². The van der Waals surface area contributed by atoms with Gasteiger partial charge in [-0.3, -0.25) is 4.79 Å². The molecule has 1 amide bonds. The van der Waals surface area contributed by atoms with Crippen LogP contribution in [0.15, 0.2) is 65.4 Å². The van der Waals surface area contributed by atoms with Crippen LogP contribution in [-0.4, -0.2) is 22.7 Å². The van der Waals surface area contributed by atoms with Crippen molar-refractivity contribution in [2.24, 2.45) is 5.92 Å². The topological polar surface area (TPSA) is 77.2 Å². The Hall–Kier alpha value is -3.15. The minimum atomic E-state index is -0.119. The summed E-state index contributed by atoms with van der Waals surface area (Å²) in [5, 5.41) is 10.6. The maximum atomic E-state index is 12.3. The van der Waals surface area contributed by atoms with Gasteiger partial charge in [-0.05, 0) is 48.6 Å². The van der Waals surface area contributed by atoms with Crippen LogP contribution < -0.4 is 10.1 Å². The SMILES string of the molecule is O=C(COc1ccc(-c2nnco2)cc1)N[C@H](c1ccccc1)C1CC1. The zero-order valence-corrected chi connectivity index (χ0v) is 14.2. The molecule has 1 heterocycles. The average molecular weight is 349 g/mol. The number of aromatic nitrogens is 2. The molecular formula is C20H19N3O3. The van der Waals surface area contributed by atoms with Crippen molar-refractivity contribution in [2.75, 3.05) is 6.61 Å². The molecule has 132 valence electrons. The highest BCUT2D eigenvalue weighted by Crippen LogP contribution is 2.40. The molecule has 3 aromatic rings. The summed E-state index contributed by atoms with van der Waals surface area (Å²) in [6.07, 6.45) is 3.59. The van der Waals surface area contributed by atoms with Gasteiger partial charge in [0.1, 0.15) is 5.75 Å². The molecule has 0 radical (unpaired) electrons. The number of hydrogen-bond donors (Lipinski definition) is 1. The van der Waals surface area contributed by atoms with E-state index in [1.807, 2.05) is 30.3 Å². The van der Waals surface area contributed by atoms with E-state index in [0.29, 0.717) is 17.6 Å². The highest BCUT2D eigenvalue weighted by atomic mass is 16.5. The summed E-state index contributed by atoms with van der Waals surface area (Å²) in [7, 11) is 0. The molecule has 1 saturated carbocycles. The van der Waals surface area contributed by atoms with Crippen LogP contribution in [0.5, 0.6) is 5.75 Å². The molecule has 1 aromatic heterocycles. The van der Waals surface area contributed by atoms with Gasteiger partial charge < -0.3 is 14.5 Å². The van der Waals surface area contributed by atoms with Gasteiger partial charge in [0, 0.05) is 5.56 Å². The Morgan fingerprint density at radius 1 is 1.15 bits per heavy atom. The van der Waals surface area contributed by atoms with Crippen LogP contribution in [0.3, 0.4) is 0 Å². The lowest BCUT2D eigenvalue weighted by atomic mass is 10.0. The second-order valence-corrected chi connectivity index (χ2v) is 6.35. The van der Waals surface area contributed by atoms with Crippen LogP contribution in [0.1, 0.15) is 24.4 Å². The summed E-state index contributed by atoms with van der Waals surface area (Å²) in [6, 6.07) is 17.3. The summed E-state index contributed by atoms with van der Waals surface area (Å²) in [5.41, 5.74) is 1.95. The molecule has 26 heavy (non-hydrogen) atoms. The van der Waals surface area contributed by atoms with Crippen molar-refractivity contribution in [2.45, 2.75) is 18.9 Å². The third kappa shape index (κ3) is 3.91. The molecule has 0 unspecified atom stereocenters. The van der Waals surface area contributed by atoms with Gasteiger partial charge in [-0.25, -0.2) is 0 Å². The summed E-state index contributed by atoms with van der Waals surface area (Å²) >= 11 is 0. The summed E-state index contributed by atoms with van der Waals surface area (Å²) < 4.78 is 10.7. The normalized spacial score (nSPS) is 14.6. The zero-order valence-electron chi connectivity index (χ0n) is 14.2. The molecule has 2 aromatic carbocycles.